The van der Waals surface area contributed by atoms with E-state index < -0.39 is 0 Å². The zero-order valence-corrected chi connectivity index (χ0v) is 10.4. The van der Waals surface area contributed by atoms with Crippen molar-refractivity contribution in [2.75, 3.05) is 6.61 Å². The Morgan fingerprint density at radius 3 is 2.65 bits per heavy atom. The van der Waals surface area contributed by atoms with Crippen LogP contribution in [0.1, 0.15) is 19.0 Å². The molecule has 0 aliphatic carbocycles. The number of hydrogen-bond donors (Lipinski definition) is 0. The van der Waals surface area contributed by atoms with Gasteiger partial charge >= 0.3 is 0 Å². The summed E-state index contributed by atoms with van der Waals surface area (Å²) in [5.74, 6) is 1.96. The van der Waals surface area contributed by atoms with E-state index in [0.29, 0.717) is 5.88 Å². The highest BCUT2D eigenvalue weighted by Crippen LogP contribution is 2.23. The van der Waals surface area contributed by atoms with E-state index in [1.165, 1.54) is 0 Å². The molecule has 0 saturated heterocycles. The molecule has 0 fully saturated rings. The quantitative estimate of drug-likeness (QED) is 0.757. The van der Waals surface area contributed by atoms with E-state index in [4.69, 9.17) is 20.9 Å². The van der Waals surface area contributed by atoms with Gasteiger partial charge in [-0.1, -0.05) is 12.1 Å². The van der Waals surface area contributed by atoms with Crippen molar-refractivity contribution in [1.82, 2.24) is 5.16 Å². The van der Waals surface area contributed by atoms with Gasteiger partial charge in [-0.05, 0) is 30.7 Å². The summed E-state index contributed by atoms with van der Waals surface area (Å²) < 4.78 is 10.7. The van der Waals surface area contributed by atoms with Gasteiger partial charge < -0.3 is 9.26 Å². The fourth-order valence-corrected chi connectivity index (χ4v) is 1.57. The molecule has 1 aromatic carbocycles. The average molecular weight is 252 g/mol. The molecular formula is C13H14ClNO2. The maximum Gasteiger partial charge on any atom is 0.167 e. The van der Waals surface area contributed by atoms with Gasteiger partial charge in [0.05, 0.1) is 18.2 Å². The van der Waals surface area contributed by atoms with Gasteiger partial charge in [-0.15, -0.1) is 11.6 Å². The lowest BCUT2D eigenvalue weighted by Crippen LogP contribution is -1.94. The molecule has 0 N–H and O–H groups in total. The van der Waals surface area contributed by atoms with Crippen molar-refractivity contribution in [3.05, 3.63) is 36.0 Å². The molecule has 1 heterocycles. The highest BCUT2D eigenvalue weighted by Gasteiger charge is 2.05. The second-order valence-electron chi connectivity index (χ2n) is 3.69. The van der Waals surface area contributed by atoms with Gasteiger partial charge in [0.2, 0.25) is 0 Å². The van der Waals surface area contributed by atoms with E-state index in [9.17, 15) is 0 Å². The SMILES string of the molecule is CCCOc1ccc(-c2cc(CCl)no2)cc1. The van der Waals surface area contributed by atoms with Crippen molar-refractivity contribution >= 4 is 11.6 Å². The topological polar surface area (TPSA) is 35.3 Å². The first-order valence-electron chi connectivity index (χ1n) is 5.58. The molecule has 3 nitrogen and oxygen atoms in total. The number of rotatable bonds is 5. The van der Waals surface area contributed by atoms with Crippen LogP contribution in [-0.4, -0.2) is 11.8 Å². The van der Waals surface area contributed by atoms with Gasteiger partial charge in [0.1, 0.15) is 5.75 Å². The smallest absolute Gasteiger partial charge is 0.167 e. The van der Waals surface area contributed by atoms with Crippen LogP contribution in [0.15, 0.2) is 34.9 Å². The molecule has 0 radical (unpaired) electrons. The minimum atomic E-state index is 0.362. The fourth-order valence-electron chi connectivity index (χ4n) is 1.45. The number of halogens is 1. The van der Waals surface area contributed by atoms with E-state index in [1.54, 1.807) is 0 Å². The first-order valence-corrected chi connectivity index (χ1v) is 6.11. The lowest BCUT2D eigenvalue weighted by atomic mass is 10.1. The van der Waals surface area contributed by atoms with Crippen LogP contribution < -0.4 is 4.74 Å². The highest BCUT2D eigenvalue weighted by atomic mass is 35.5. The summed E-state index contributed by atoms with van der Waals surface area (Å²) in [4.78, 5) is 0. The molecule has 0 unspecified atom stereocenters. The number of hydrogen-bond acceptors (Lipinski definition) is 3. The number of alkyl halides is 1. The van der Waals surface area contributed by atoms with Gasteiger partial charge in [-0.2, -0.15) is 0 Å². The third-order valence-electron chi connectivity index (χ3n) is 2.31. The molecular weight excluding hydrogens is 238 g/mol. The molecule has 17 heavy (non-hydrogen) atoms. The van der Waals surface area contributed by atoms with Crippen LogP contribution in [0.5, 0.6) is 5.75 Å². The van der Waals surface area contributed by atoms with Crippen molar-refractivity contribution in [3.8, 4) is 17.1 Å². The maximum absolute atomic E-state index is 5.67. The first kappa shape index (κ1) is 12.0. The molecule has 90 valence electrons. The monoisotopic (exact) mass is 251 g/mol. The second kappa shape index (κ2) is 5.73. The van der Waals surface area contributed by atoms with E-state index in [0.717, 1.165) is 35.8 Å². The van der Waals surface area contributed by atoms with Gasteiger partial charge in [-0.25, -0.2) is 0 Å². The summed E-state index contributed by atoms with van der Waals surface area (Å²) in [7, 11) is 0. The van der Waals surface area contributed by atoms with Crippen molar-refractivity contribution in [2.45, 2.75) is 19.2 Å². The normalized spacial score (nSPS) is 10.5. The lowest BCUT2D eigenvalue weighted by Gasteiger charge is -2.04. The van der Waals surface area contributed by atoms with E-state index >= 15 is 0 Å². The van der Waals surface area contributed by atoms with Crippen LogP contribution in [0.25, 0.3) is 11.3 Å². The van der Waals surface area contributed by atoms with Crippen LogP contribution >= 0.6 is 11.6 Å². The highest BCUT2D eigenvalue weighted by molar-refractivity contribution is 6.16. The number of ether oxygens (including phenoxy) is 1. The average Bonchev–Trinajstić information content (AvgIpc) is 2.86. The third kappa shape index (κ3) is 3.01. The molecule has 4 heteroatoms. The molecule has 0 bridgehead atoms. The number of nitrogens with zero attached hydrogens (tertiary/aromatic N) is 1. The molecule has 0 aliphatic heterocycles. The zero-order valence-electron chi connectivity index (χ0n) is 9.65. The van der Waals surface area contributed by atoms with Crippen LogP contribution in [0, 0.1) is 0 Å². The molecule has 1 aromatic heterocycles. The Hall–Kier alpha value is -1.48. The first-order chi connectivity index (χ1) is 8.33. The number of aromatic nitrogens is 1. The van der Waals surface area contributed by atoms with Crippen LogP contribution in [-0.2, 0) is 5.88 Å². The minimum absolute atomic E-state index is 0.362. The fraction of sp³-hybridized carbons (Fsp3) is 0.308. The Labute approximate surface area is 105 Å². The predicted octanol–water partition coefficient (Wildman–Crippen LogP) is 3.87. The van der Waals surface area contributed by atoms with Crippen molar-refractivity contribution in [3.63, 3.8) is 0 Å². The van der Waals surface area contributed by atoms with Gasteiger partial charge in [0.25, 0.3) is 0 Å². The molecule has 0 aliphatic rings. The molecule has 0 spiro atoms. The predicted molar refractivity (Wildman–Crippen MR) is 67.3 cm³/mol. The number of benzene rings is 1. The Balaban J connectivity index is 2.11. The second-order valence-corrected chi connectivity index (χ2v) is 3.96. The van der Waals surface area contributed by atoms with Crippen LogP contribution in [0.3, 0.4) is 0 Å². The molecule has 2 aromatic rings. The molecule has 0 saturated carbocycles. The molecule has 2 rings (SSSR count). The van der Waals surface area contributed by atoms with Gasteiger partial charge in [0.15, 0.2) is 5.76 Å². The van der Waals surface area contributed by atoms with Crippen LogP contribution in [0.4, 0.5) is 0 Å². The minimum Gasteiger partial charge on any atom is -0.494 e. The lowest BCUT2D eigenvalue weighted by molar-refractivity contribution is 0.317. The van der Waals surface area contributed by atoms with E-state index in [2.05, 4.69) is 12.1 Å². The summed E-state index contributed by atoms with van der Waals surface area (Å²) in [5.41, 5.74) is 1.71. The van der Waals surface area contributed by atoms with Gasteiger partial charge in [-0.3, -0.25) is 0 Å². The summed E-state index contributed by atoms with van der Waals surface area (Å²) in [6.07, 6.45) is 1.00. The Morgan fingerprint density at radius 1 is 1.29 bits per heavy atom. The van der Waals surface area contributed by atoms with E-state index in [1.807, 2.05) is 30.3 Å². The summed E-state index contributed by atoms with van der Waals surface area (Å²) in [5, 5.41) is 3.84. The summed E-state index contributed by atoms with van der Waals surface area (Å²) >= 11 is 5.67. The Morgan fingerprint density at radius 2 is 2.06 bits per heavy atom. The maximum atomic E-state index is 5.67. The van der Waals surface area contributed by atoms with Crippen LogP contribution in [0.2, 0.25) is 0 Å². The Kier molecular flexibility index (Phi) is 4.04. The van der Waals surface area contributed by atoms with E-state index in [-0.39, 0.29) is 0 Å². The van der Waals surface area contributed by atoms with Crippen molar-refractivity contribution in [1.29, 1.82) is 0 Å². The zero-order chi connectivity index (χ0) is 12.1. The van der Waals surface area contributed by atoms with Gasteiger partial charge in [0, 0.05) is 11.6 Å². The van der Waals surface area contributed by atoms with Crippen molar-refractivity contribution < 1.29 is 9.26 Å². The summed E-state index contributed by atoms with van der Waals surface area (Å²) in [6.45, 7) is 2.81. The summed E-state index contributed by atoms with van der Waals surface area (Å²) in [6, 6.07) is 9.59. The molecule has 0 atom stereocenters. The van der Waals surface area contributed by atoms with Crippen molar-refractivity contribution in [2.24, 2.45) is 0 Å². The molecule has 0 amide bonds. The standard InChI is InChI=1S/C13H14ClNO2/c1-2-7-16-12-5-3-10(4-6-12)13-8-11(9-14)15-17-13/h3-6,8H,2,7,9H2,1H3. The third-order valence-corrected chi connectivity index (χ3v) is 2.58. The largest absolute Gasteiger partial charge is 0.494 e. The Bertz CT molecular complexity index is 465.